The summed E-state index contributed by atoms with van der Waals surface area (Å²) in [4.78, 5) is 11.1. The third kappa shape index (κ3) is 3.34. The van der Waals surface area contributed by atoms with E-state index in [-0.39, 0.29) is 5.57 Å². The molecule has 0 spiro atoms. The van der Waals surface area contributed by atoms with Crippen LogP contribution in [0.2, 0.25) is 0 Å². The van der Waals surface area contributed by atoms with Gasteiger partial charge in [0, 0.05) is 6.08 Å². The fraction of sp³-hybridized carbons (Fsp3) is 0. The van der Waals surface area contributed by atoms with Crippen LogP contribution in [0.3, 0.4) is 0 Å². The lowest BCUT2D eigenvalue weighted by Crippen LogP contribution is -2.12. The highest BCUT2D eigenvalue weighted by Gasteiger charge is 2.13. The molecule has 0 saturated carbocycles. The van der Waals surface area contributed by atoms with Crippen LogP contribution in [0.4, 0.5) is 0 Å². The summed E-state index contributed by atoms with van der Waals surface area (Å²) >= 11 is 1.21. The molecule has 0 aliphatic carbocycles. The lowest BCUT2D eigenvalue weighted by Gasteiger charge is -2.01. The standard InChI is InChI=1S/C15H10N6O2S/c16-9-10(14(17)22)8-12-6-7-13(23-12)24-15-18-19-20-21(15)11-4-2-1-3-5-11/h1-8H,(H2,17,22)/b10-8+. The number of hydrogen-bond acceptors (Lipinski definition) is 7. The minimum absolute atomic E-state index is 0.185. The second-order valence-corrected chi connectivity index (χ2v) is 5.47. The normalized spacial score (nSPS) is 11.2. The smallest absolute Gasteiger partial charge is 0.259 e. The van der Waals surface area contributed by atoms with Crippen LogP contribution in [0.1, 0.15) is 5.76 Å². The quantitative estimate of drug-likeness (QED) is 0.555. The van der Waals surface area contributed by atoms with Crippen molar-refractivity contribution in [1.82, 2.24) is 20.2 Å². The Morgan fingerprint density at radius 1 is 1.29 bits per heavy atom. The number of nitriles is 1. The third-order valence-corrected chi connectivity index (χ3v) is 3.77. The number of para-hydroxylation sites is 1. The van der Waals surface area contributed by atoms with Crippen LogP contribution in [-0.4, -0.2) is 26.1 Å². The number of nitrogens with two attached hydrogens (primary N) is 1. The average Bonchev–Trinajstić information content (AvgIpc) is 3.23. The molecule has 3 aromatic rings. The van der Waals surface area contributed by atoms with Crippen molar-refractivity contribution in [3.05, 3.63) is 53.8 Å². The fourth-order valence-corrected chi connectivity index (χ4v) is 2.59. The van der Waals surface area contributed by atoms with E-state index < -0.39 is 5.91 Å². The molecule has 8 nitrogen and oxygen atoms in total. The Kier molecular flexibility index (Phi) is 4.40. The van der Waals surface area contributed by atoms with Crippen LogP contribution >= 0.6 is 11.8 Å². The van der Waals surface area contributed by atoms with Gasteiger partial charge < -0.3 is 10.2 Å². The molecule has 0 saturated heterocycles. The Bertz CT molecular complexity index is 938. The molecule has 1 aromatic carbocycles. The van der Waals surface area contributed by atoms with E-state index in [0.29, 0.717) is 16.0 Å². The summed E-state index contributed by atoms with van der Waals surface area (Å²) < 4.78 is 7.13. The molecule has 0 aliphatic rings. The zero-order valence-corrected chi connectivity index (χ0v) is 13.0. The number of carbonyl (C=O) groups is 1. The van der Waals surface area contributed by atoms with Gasteiger partial charge in [0.25, 0.3) is 5.91 Å². The first-order chi connectivity index (χ1) is 11.7. The van der Waals surface area contributed by atoms with Gasteiger partial charge in [-0.05, 0) is 46.5 Å². The minimum atomic E-state index is -0.809. The van der Waals surface area contributed by atoms with Gasteiger partial charge in [0.05, 0.1) is 5.69 Å². The number of primary amides is 1. The summed E-state index contributed by atoms with van der Waals surface area (Å²) in [5.41, 5.74) is 5.72. The SMILES string of the molecule is N#C/C(=C\c1ccc(Sc2nnnn2-c2ccccc2)o1)C(N)=O. The lowest BCUT2D eigenvalue weighted by molar-refractivity contribution is -0.114. The maximum atomic E-state index is 11.1. The predicted molar refractivity (Wildman–Crippen MR) is 84.8 cm³/mol. The molecule has 2 N–H and O–H groups in total. The van der Waals surface area contributed by atoms with Gasteiger partial charge in [-0.2, -0.15) is 9.94 Å². The van der Waals surface area contributed by atoms with Crippen LogP contribution < -0.4 is 5.73 Å². The molecule has 0 unspecified atom stereocenters. The van der Waals surface area contributed by atoms with Crippen molar-refractivity contribution in [2.75, 3.05) is 0 Å². The van der Waals surface area contributed by atoms with E-state index in [2.05, 4.69) is 15.5 Å². The van der Waals surface area contributed by atoms with Crippen molar-refractivity contribution in [2.24, 2.45) is 5.73 Å². The number of hydrogen-bond donors (Lipinski definition) is 1. The van der Waals surface area contributed by atoms with Gasteiger partial charge in [0.1, 0.15) is 17.4 Å². The molecule has 0 bridgehead atoms. The summed E-state index contributed by atoms with van der Waals surface area (Å²) in [5.74, 6) is -0.470. The Balaban J connectivity index is 1.83. The second kappa shape index (κ2) is 6.80. The number of carbonyl (C=O) groups excluding carboxylic acids is 1. The number of rotatable bonds is 5. The Labute approximate surface area is 140 Å². The van der Waals surface area contributed by atoms with Crippen molar-refractivity contribution < 1.29 is 9.21 Å². The summed E-state index contributed by atoms with van der Waals surface area (Å²) in [6, 6.07) is 14.5. The van der Waals surface area contributed by atoms with E-state index in [0.717, 1.165) is 5.69 Å². The zero-order valence-electron chi connectivity index (χ0n) is 12.2. The topological polar surface area (TPSA) is 124 Å². The molecule has 9 heteroatoms. The molecule has 1 amide bonds. The number of benzene rings is 1. The van der Waals surface area contributed by atoms with E-state index in [9.17, 15) is 4.79 Å². The van der Waals surface area contributed by atoms with Crippen LogP contribution in [0.25, 0.3) is 11.8 Å². The third-order valence-electron chi connectivity index (χ3n) is 2.91. The van der Waals surface area contributed by atoms with Crippen molar-refractivity contribution in [1.29, 1.82) is 5.26 Å². The molecule has 2 heterocycles. The van der Waals surface area contributed by atoms with Gasteiger partial charge in [-0.15, -0.1) is 5.10 Å². The molecule has 0 fully saturated rings. The van der Waals surface area contributed by atoms with Crippen molar-refractivity contribution in [3.63, 3.8) is 0 Å². The highest BCUT2D eigenvalue weighted by Crippen LogP contribution is 2.29. The molecular weight excluding hydrogens is 328 g/mol. The number of aromatic nitrogens is 4. The minimum Gasteiger partial charge on any atom is -0.450 e. The molecule has 118 valence electrons. The van der Waals surface area contributed by atoms with E-state index in [4.69, 9.17) is 15.4 Å². The van der Waals surface area contributed by atoms with E-state index >= 15 is 0 Å². The van der Waals surface area contributed by atoms with E-state index in [1.165, 1.54) is 17.8 Å². The van der Waals surface area contributed by atoms with Crippen LogP contribution in [0.15, 0.2) is 62.7 Å². The van der Waals surface area contributed by atoms with Gasteiger partial charge in [0.15, 0.2) is 5.09 Å². The van der Waals surface area contributed by atoms with Crippen molar-refractivity contribution >= 4 is 23.7 Å². The second-order valence-electron chi connectivity index (χ2n) is 4.50. The summed E-state index contributed by atoms with van der Waals surface area (Å²) in [7, 11) is 0. The highest BCUT2D eigenvalue weighted by molar-refractivity contribution is 7.99. The van der Waals surface area contributed by atoms with Crippen molar-refractivity contribution in [3.8, 4) is 11.8 Å². The van der Waals surface area contributed by atoms with Gasteiger partial charge in [-0.3, -0.25) is 4.79 Å². The molecule has 3 rings (SSSR count). The maximum Gasteiger partial charge on any atom is 0.259 e. The lowest BCUT2D eigenvalue weighted by atomic mass is 10.2. The van der Waals surface area contributed by atoms with Crippen LogP contribution in [-0.2, 0) is 4.79 Å². The van der Waals surface area contributed by atoms with Gasteiger partial charge in [-0.1, -0.05) is 18.2 Å². The number of amides is 1. The largest absolute Gasteiger partial charge is 0.450 e. The Hall–Kier alpha value is -3.38. The van der Waals surface area contributed by atoms with Gasteiger partial charge in [0.2, 0.25) is 5.16 Å². The molecule has 0 aliphatic heterocycles. The summed E-state index contributed by atoms with van der Waals surface area (Å²) in [5, 5.41) is 21.5. The van der Waals surface area contributed by atoms with Crippen LogP contribution in [0, 0.1) is 11.3 Å². The molecule has 0 radical (unpaired) electrons. The van der Waals surface area contributed by atoms with Crippen LogP contribution in [0.5, 0.6) is 0 Å². The Morgan fingerprint density at radius 3 is 2.79 bits per heavy atom. The zero-order chi connectivity index (χ0) is 16.9. The average molecular weight is 338 g/mol. The van der Waals surface area contributed by atoms with E-state index in [1.807, 2.05) is 30.3 Å². The summed E-state index contributed by atoms with van der Waals surface area (Å²) in [6.45, 7) is 0. The first-order valence-electron chi connectivity index (χ1n) is 6.70. The van der Waals surface area contributed by atoms with E-state index in [1.54, 1.807) is 22.9 Å². The predicted octanol–water partition coefficient (Wildman–Crippen LogP) is 1.80. The summed E-state index contributed by atoms with van der Waals surface area (Å²) in [6.07, 6.45) is 1.28. The maximum absolute atomic E-state index is 11.1. The molecular formula is C15H10N6O2S. The first-order valence-corrected chi connectivity index (χ1v) is 7.52. The Morgan fingerprint density at radius 2 is 2.08 bits per heavy atom. The van der Waals surface area contributed by atoms with Crippen molar-refractivity contribution in [2.45, 2.75) is 10.2 Å². The first kappa shape index (κ1) is 15.5. The monoisotopic (exact) mass is 338 g/mol. The molecule has 24 heavy (non-hydrogen) atoms. The molecule has 2 aromatic heterocycles. The molecule has 0 atom stereocenters. The number of tetrazole rings is 1. The van der Waals surface area contributed by atoms with Gasteiger partial charge >= 0.3 is 0 Å². The number of nitrogens with zero attached hydrogens (tertiary/aromatic N) is 5. The number of furan rings is 1. The highest BCUT2D eigenvalue weighted by atomic mass is 32.2. The fourth-order valence-electron chi connectivity index (χ4n) is 1.83. The van der Waals surface area contributed by atoms with Gasteiger partial charge in [-0.25, -0.2) is 0 Å².